The zero-order chi connectivity index (χ0) is 14.0. The van der Waals surface area contributed by atoms with Gasteiger partial charge >= 0.3 is 0 Å². The Morgan fingerprint density at radius 1 is 1.53 bits per heavy atom. The van der Waals surface area contributed by atoms with Gasteiger partial charge in [0.1, 0.15) is 5.75 Å². The van der Waals surface area contributed by atoms with Crippen LogP contribution in [0.5, 0.6) is 5.75 Å². The number of hydrogen-bond donors (Lipinski definition) is 2. The molecule has 1 aliphatic rings. The Kier molecular flexibility index (Phi) is 4.32. The first kappa shape index (κ1) is 14.2. The maximum Gasteiger partial charge on any atom is 0.227 e. The first-order valence-corrected chi connectivity index (χ1v) is 6.76. The van der Waals surface area contributed by atoms with Crippen LogP contribution in [0.2, 0.25) is 5.02 Å². The maximum absolute atomic E-state index is 12.2. The van der Waals surface area contributed by atoms with Crippen molar-refractivity contribution in [2.45, 2.75) is 13.8 Å². The normalized spacial score (nSPS) is 16.6. The van der Waals surface area contributed by atoms with Crippen molar-refractivity contribution < 1.29 is 9.53 Å². The summed E-state index contributed by atoms with van der Waals surface area (Å²) in [7, 11) is 1.57. The quantitative estimate of drug-likeness (QED) is 0.892. The van der Waals surface area contributed by atoms with Crippen LogP contribution in [0.1, 0.15) is 12.5 Å². The van der Waals surface area contributed by atoms with E-state index in [0.29, 0.717) is 22.4 Å². The number of carbonyl (C=O) groups excluding carboxylic acids is 1. The molecule has 2 rings (SSSR count). The maximum atomic E-state index is 12.2. The molecule has 1 unspecified atom stereocenters. The van der Waals surface area contributed by atoms with Crippen molar-refractivity contribution in [2.24, 2.45) is 11.8 Å². The van der Waals surface area contributed by atoms with Crippen LogP contribution in [0.3, 0.4) is 0 Å². The van der Waals surface area contributed by atoms with Crippen molar-refractivity contribution >= 4 is 23.2 Å². The third-order valence-corrected chi connectivity index (χ3v) is 4.08. The minimum atomic E-state index is -0.0121. The summed E-state index contributed by atoms with van der Waals surface area (Å²) >= 11 is 6.04. The molecule has 0 spiro atoms. The van der Waals surface area contributed by atoms with Gasteiger partial charge in [-0.05, 0) is 37.6 Å². The summed E-state index contributed by atoms with van der Waals surface area (Å²) in [6.45, 7) is 5.67. The van der Waals surface area contributed by atoms with Crippen LogP contribution in [0.4, 0.5) is 5.69 Å². The second-order valence-corrected chi connectivity index (χ2v) is 5.41. The van der Waals surface area contributed by atoms with Crippen molar-refractivity contribution in [3.05, 3.63) is 22.7 Å². The predicted molar refractivity (Wildman–Crippen MR) is 76.9 cm³/mol. The summed E-state index contributed by atoms with van der Waals surface area (Å²) in [6.07, 6.45) is 0. The molecule has 0 aromatic heterocycles. The summed E-state index contributed by atoms with van der Waals surface area (Å²) in [5, 5.41) is 6.74. The van der Waals surface area contributed by atoms with Gasteiger partial charge in [-0.3, -0.25) is 4.79 Å². The van der Waals surface area contributed by atoms with Gasteiger partial charge in [0, 0.05) is 17.0 Å². The standard InChI is InChI=1S/C14H19ClN2O2/c1-8-4-12(13(19-3)5-11(8)15)17-14(18)9(2)10-6-16-7-10/h4-5,9-10,16H,6-7H2,1-3H3,(H,17,18). The average Bonchev–Trinajstić information content (AvgIpc) is 2.31. The van der Waals surface area contributed by atoms with Gasteiger partial charge in [0.2, 0.25) is 5.91 Å². The molecule has 104 valence electrons. The lowest BCUT2D eigenvalue weighted by Gasteiger charge is -2.31. The molecule has 1 heterocycles. The topological polar surface area (TPSA) is 50.4 Å². The van der Waals surface area contributed by atoms with Gasteiger partial charge in [-0.2, -0.15) is 0 Å². The molecule has 4 nitrogen and oxygen atoms in total. The molecule has 0 saturated carbocycles. The van der Waals surface area contributed by atoms with Gasteiger partial charge in [-0.15, -0.1) is 0 Å². The minimum Gasteiger partial charge on any atom is -0.495 e. The van der Waals surface area contributed by atoms with E-state index in [9.17, 15) is 4.79 Å². The Bertz CT molecular complexity index is 487. The van der Waals surface area contributed by atoms with E-state index in [-0.39, 0.29) is 11.8 Å². The minimum absolute atomic E-state index is 0.0121. The van der Waals surface area contributed by atoms with E-state index in [2.05, 4.69) is 10.6 Å². The van der Waals surface area contributed by atoms with E-state index < -0.39 is 0 Å². The molecule has 19 heavy (non-hydrogen) atoms. The lowest BCUT2D eigenvalue weighted by Crippen LogP contribution is -2.48. The highest BCUT2D eigenvalue weighted by molar-refractivity contribution is 6.31. The Balaban J connectivity index is 2.13. The molecule has 1 saturated heterocycles. The van der Waals surface area contributed by atoms with E-state index in [4.69, 9.17) is 16.3 Å². The van der Waals surface area contributed by atoms with E-state index in [1.165, 1.54) is 0 Å². The molecular weight excluding hydrogens is 264 g/mol. The monoisotopic (exact) mass is 282 g/mol. The highest BCUT2D eigenvalue weighted by Gasteiger charge is 2.29. The van der Waals surface area contributed by atoms with E-state index in [1.54, 1.807) is 13.2 Å². The lowest BCUT2D eigenvalue weighted by atomic mass is 9.88. The Labute approximate surface area is 118 Å². The van der Waals surface area contributed by atoms with Gasteiger partial charge in [-0.1, -0.05) is 18.5 Å². The van der Waals surface area contributed by atoms with Crippen LogP contribution >= 0.6 is 11.6 Å². The van der Waals surface area contributed by atoms with Gasteiger partial charge in [0.25, 0.3) is 0 Å². The number of nitrogens with one attached hydrogen (secondary N) is 2. The third kappa shape index (κ3) is 3.01. The van der Waals surface area contributed by atoms with Crippen molar-refractivity contribution in [1.82, 2.24) is 5.32 Å². The number of ether oxygens (including phenoxy) is 1. The third-order valence-electron chi connectivity index (χ3n) is 3.67. The second-order valence-electron chi connectivity index (χ2n) is 5.00. The first-order chi connectivity index (χ1) is 9.02. The smallest absolute Gasteiger partial charge is 0.227 e. The highest BCUT2D eigenvalue weighted by Crippen LogP contribution is 2.31. The number of carbonyl (C=O) groups is 1. The largest absolute Gasteiger partial charge is 0.495 e. The summed E-state index contributed by atoms with van der Waals surface area (Å²) in [5.74, 6) is 1.01. The van der Waals surface area contributed by atoms with E-state index in [0.717, 1.165) is 18.7 Å². The fourth-order valence-electron chi connectivity index (χ4n) is 2.06. The van der Waals surface area contributed by atoms with Gasteiger partial charge < -0.3 is 15.4 Å². The van der Waals surface area contributed by atoms with Crippen molar-refractivity contribution in [3.8, 4) is 5.75 Å². The second kappa shape index (κ2) is 5.80. The number of hydrogen-bond acceptors (Lipinski definition) is 3. The molecule has 0 bridgehead atoms. The first-order valence-electron chi connectivity index (χ1n) is 6.38. The molecule has 1 aromatic carbocycles. The molecule has 1 aromatic rings. The number of methoxy groups -OCH3 is 1. The zero-order valence-electron chi connectivity index (χ0n) is 11.4. The molecule has 1 aliphatic heterocycles. The number of amides is 1. The molecule has 0 aliphatic carbocycles. The average molecular weight is 283 g/mol. The van der Waals surface area contributed by atoms with Crippen molar-refractivity contribution in [1.29, 1.82) is 0 Å². The Hall–Kier alpha value is -1.26. The fourth-order valence-corrected chi connectivity index (χ4v) is 2.21. The number of rotatable bonds is 4. The summed E-state index contributed by atoms with van der Waals surface area (Å²) in [5.41, 5.74) is 1.59. The number of aryl methyl sites for hydroxylation is 1. The predicted octanol–water partition coefficient (Wildman–Crippen LogP) is 2.45. The van der Waals surface area contributed by atoms with Gasteiger partial charge in [0.15, 0.2) is 0 Å². The van der Waals surface area contributed by atoms with Gasteiger partial charge in [-0.25, -0.2) is 0 Å². The summed E-state index contributed by atoms with van der Waals surface area (Å²) in [4.78, 5) is 12.2. The molecule has 2 N–H and O–H groups in total. The van der Waals surface area contributed by atoms with Crippen LogP contribution in [0.15, 0.2) is 12.1 Å². The zero-order valence-corrected chi connectivity index (χ0v) is 12.2. The summed E-state index contributed by atoms with van der Waals surface area (Å²) in [6, 6.07) is 3.56. The van der Waals surface area contributed by atoms with Crippen LogP contribution in [-0.4, -0.2) is 26.1 Å². The van der Waals surface area contributed by atoms with Crippen LogP contribution < -0.4 is 15.4 Å². The SMILES string of the molecule is COc1cc(Cl)c(C)cc1NC(=O)C(C)C1CNC1. The Morgan fingerprint density at radius 3 is 2.74 bits per heavy atom. The highest BCUT2D eigenvalue weighted by atomic mass is 35.5. The van der Waals surface area contributed by atoms with Gasteiger partial charge in [0.05, 0.1) is 12.8 Å². The summed E-state index contributed by atoms with van der Waals surface area (Å²) < 4.78 is 5.25. The molecule has 1 atom stereocenters. The van der Waals surface area contributed by atoms with Crippen LogP contribution in [-0.2, 0) is 4.79 Å². The lowest BCUT2D eigenvalue weighted by molar-refractivity contribution is -0.121. The van der Waals surface area contributed by atoms with E-state index >= 15 is 0 Å². The van der Waals surface area contributed by atoms with Crippen molar-refractivity contribution in [3.63, 3.8) is 0 Å². The number of benzene rings is 1. The van der Waals surface area contributed by atoms with E-state index in [1.807, 2.05) is 19.9 Å². The molecular formula is C14H19ClN2O2. The fraction of sp³-hybridized carbons (Fsp3) is 0.500. The molecule has 5 heteroatoms. The molecule has 1 fully saturated rings. The molecule has 0 radical (unpaired) electrons. The number of anilines is 1. The Morgan fingerprint density at radius 2 is 2.21 bits per heavy atom. The van der Waals surface area contributed by atoms with Crippen LogP contribution in [0, 0.1) is 18.8 Å². The molecule has 1 amide bonds. The van der Waals surface area contributed by atoms with Crippen molar-refractivity contribution in [2.75, 3.05) is 25.5 Å². The van der Waals surface area contributed by atoms with Crippen LogP contribution in [0.25, 0.3) is 0 Å². The number of halogens is 1.